The van der Waals surface area contributed by atoms with Crippen molar-refractivity contribution in [2.45, 2.75) is 17.9 Å². The van der Waals surface area contributed by atoms with Crippen molar-refractivity contribution in [2.75, 3.05) is 12.3 Å². The van der Waals surface area contributed by atoms with Gasteiger partial charge in [-0.1, -0.05) is 0 Å². The summed E-state index contributed by atoms with van der Waals surface area (Å²) in [4.78, 5) is 8.21. The number of benzene rings is 1. The second-order valence-corrected chi connectivity index (χ2v) is 6.85. The molecule has 0 saturated heterocycles. The number of hydrogen-bond donors (Lipinski definition) is 1. The Labute approximate surface area is 128 Å². The second kappa shape index (κ2) is 5.36. The first-order valence-electron chi connectivity index (χ1n) is 6.61. The van der Waals surface area contributed by atoms with Crippen molar-refractivity contribution in [2.24, 2.45) is 0 Å². The molecule has 112 valence electrons. The lowest BCUT2D eigenvalue weighted by Crippen LogP contribution is -2.36. The van der Waals surface area contributed by atoms with Crippen molar-refractivity contribution in [1.82, 2.24) is 14.3 Å². The number of nitriles is 1. The summed E-state index contributed by atoms with van der Waals surface area (Å²) >= 11 is 0. The van der Waals surface area contributed by atoms with Gasteiger partial charge in [0.2, 0.25) is 10.0 Å². The average molecular weight is 315 g/mol. The van der Waals surface area contributed by atoms with Gasteiger partial charge in [0.05, 0.1) is 28.8 Å². The molecule has 0 amide bonds. The summed E-state index contributed by atoms with van der Waals surface area (Å²) in [6.45, 7) is 0.497. The van der Waals surface area contributed by atoms with E-state index in [0.29, 0.717) is 30.0 Å². The summed E-state index contributed by atoms with van der Waals surface area (Å²) in [6, 6.07) is 7.83. The van der Waals surface area contributed by atoms with Gasteiger partial charge >= 0.3 is 0 Å². The molecule has 8 heteroatoms. The van der Waals surface area contributed by atoms with Gasteiger partial charge in [-0.15, -0.1) is 0 Å². The number of anilines is 1. The zero-order valence-electron chi connectivity index (χ0n) is 11.6. The predicted octanol–water partition coefficient (Wildman–Crippen LogP) is 0.677. The molecule has 2 N–H and O–H groups in total. The molecule has 0 spiro atoms. The van der Waals surface area contributed by atoms with Crippen molar-refractivity contribution in [3.63, 3.8) is 0 Å². The largest absolute Gasteiger partial charge is 0.383 e. The number of rotatable bonds is 2. The lowest BCUT2D eigenvalue weighted by Gasteiger charge is -2.27. The van der Waals surface area contributed by atoms with Crippen LogP contribution in [0.5, 0.6) is 0 Å². The van der Waals surface area contributed by atoms with Gasteiger partial charge in [0.15, 0.2) is 0 Å². The summed E-state index contributed by atoms with van der Waals surface area (Å²) in [5.74, 6) is 0.403. The molecule has 0 aliphatic carbocycles. The van der Waals surface area contributed by atoms with Gasteiger partial charge in [0, 0.05) is 12.1 Å². The van der Waals surface area contributed by atoms with Crippen LogP contribution in [-0.2, 0) is 23.0 Å². The van der Waals surface area contributed by atoms with Crippen molar-refractivity contribution < 1.29 is 8.42 Å². The van der Waals surface area contributed by atoms with E-state index in [2.05, 4.69) is 9.97 Å². The molecule has 0 radical (unpaired) electrons. The molecule has 1 aromatic heterocycles. The molecule has 7 nitrogen and oxygen atoms in total. The van der Waals surface area contributed by atoms with Crippen LogP contribution in [0.4, 0.5) is 5.82 Å². The fourth-order valence-corrected chi connectivity index (χ4v) is 3.81. The number of aromatic nitrogens is 2. The Balaban J connectivity index is 1.92. The summed E-state index contributed by atoms with van der Waals surface area (Å²) in [5.41, 5.74) is 7.66. The van der Waals surface area contributed by atoms with Gasteiger partial charge in [0.1, 0.15) is 12.1 Å². The van der Waals surface area contributed by atoms with Gasteiger partial charge in [-0.05, 0) is 30.7 Å². The minimum Gasteiger partial charge on any atom is -0.383 e. The Hall–Kier alpha value is -2.50. The minimum atomic E-state index is -3.62. The van der Waals surface area contributed by atoms with Crippen molar-refractivity contribution in [1.29, 1.82) is 5.26 Å². The maximum atomic E-state index is 12.6. The fraction of sp³-hybridized carbons (Fsp3) is 0.214. The number of nitrogens with two attached hydrogens (primary N) is 1. The van der Waals surface area contributed by atoms with Crippen LogP contribution in [-0.4, -0.2) is 29.2 Å². The van der Waals surface area contributed by atoms with E-state index in [1.807, 2.05) is 6.07 Å². The Morgan fingerprint density at radius 1 is 1.23 bits per heavy atom. The highest BCUT2D eigenvalue weighted by atomic mass is 32.2. The molecule has 3 rings (SSSR count). The molecule has 0 unspecified atom stereocenters. The molecule has 0 atom stereocenters. The van der Waals surface area contributed by atoms with Gasteiger partial charge in [-0.3, -0.25) is 0 Å². The number of sulfonamides is 1. The maximum absolute atomic E-state index is 12.6. The summed E-state index contributed by atoms with van der Waals surface area (Å²) < 4.78 is 26.7. The van der Waals surface area contributed by atoms with Crippen LogP contribution < -0.4 is 5.73 Å². The second-order valence-electron chi connectivity index (χ2n) is 4.91. The average Bonchev–Trinajstić information content (AvgIpc) is 2.55. The molecule has 0 bridgehead atoms. The van der Waals surface area contributed by atoms with Crippen molar-refractivity contribution >= 4 is 15.8 Å². The first-order chi connectivity index (χ1) is 10.5. The SMILES string of the molecule is N#Cc1ccc(S(=O)(=O)N2CCc3c(N)ncnc3C2)cc1. The number of fused-ring (bicyclic) bond motifs is 1. The first-order valence-corrected chi connectivity index (χ1v) is 8.05. The monoisotopic (exact) mass is 315 g/mol. The van der Waals surface area contributed by atoms with Crippen molar-refractivity contribution in [3.8, 4) is 6.07 Å². The van der Waals surface area contributed by atoms with Gasteiger partial charge < -0.3 is 5.73 Å². The highest BCUT2D eigenvalue weighted by Crippen LogP contribution is 2.25. The lowest BCUT2D eigenvalue weighted by atomic mass is 10.1. The van der Waals surface area contributed by atoms with E-state index in [1.54, 1.807) is 0 Å². The van der Waals surface area contributed by atoms with Crippen LogP contribution in [0.3, 0.4) is 0 Å². The minimum absolute atomic E-state index is 0.164. The highest BCUT2D eigenvalue weighted by Gasteiger charge is 2.29. The molecular formula is C14H13N5O2S. The zero-order chi connectivity index (χ0) is 15.7. The normalized spacial score (nSPS) is 15.0. The Morgan fingerprint density at radius 2 is 1.95 bits per heavy atom. The van der Waals surface area contributed by atoms with Gasteiger partial charge in [0.25, 0.3) is 0 Å². The molecule has 1 aliphatic rings. The van der Waals surface area contributed by atoms with Crippen LogP contribution in [0.15, 0.2) is 35.5 Å². The quantitative estimate of drug-likeness (QED) is 0.871. The first kappa shape index (κ1) is 14.4. The molecule has 2 aromatic rings. The lowest BCUT2D eigenvalue weighted by molar-refractivity contribution is 0.385. The summed E-state index contributed by atoms with van der Waals surface area (Å²) in [6.07, 6.45) is 1.82. The predicted molar refractivity (Wildman–Crippen MR) is 78.9 cm³/mol. The summed E-state index contributed by atoms with van der Waals surface area (Å²) in [7, 11) is -3.62. The Morgan fingerprint density at radius 3 is 2.64 bits per heavy atom. The van der Waals surface area contributed by atoms with Crippen LogP contribution in [0.25, 0.3) is 0 Å². The van der Waals surface area contributed by atoms with Crippen LogP contribution in [0.2, 0.25) is 0 Å². The van der Waals surface area contributed by atoms with E-state index in [1.165, 1.54) is 34.9 Å². The number of nitrogen functional groups attached to an aromatic ring is 1. The van der Waals surface area contributed by atoms with Gasteiger partial charge in [-0.25, -0.2) is 18.4 Å². The Bertz CT molecular complexity index is 856. The number of nitrogens with zero attached hydrogens (tertiary/aromatic N) is 4. The summed E-state index contributed by atoms with van der Waals surface area (Å²) in [5, 5.41) is 8.78. The highest BCUT2D eigenvalue weighted by molar-refractivity contribution is 7.89. The van der Waals surface area contributed by atoms with E-state index < -0.39 is 10.0 Å². The van der Waals surface area contributed by atoms with E-state index in [-0.39, 0.29) is 11.4 Å². The molecule has 22 heavy (non-hydrogen) atoms. The van der Waals surface area contributed by atoms with E-state index in [4.69, 9.17) is 11.0 Å². The third kappa shape index (κ3) is 2.41. The van der Waals surface area contributed by atoms with Crippen LogP contribution >= 0.6 is 0 Å². The number of hydrogen-bond acceptors (Lipinski definition) is 6. The fourth-order valence-electron chi connectivity index (χ4n) is 2.41. The molecule has 1 aromatic carbocycles. The molecule has 0 saturated carbocycles. The van der Waals surface area contributed by atoms with Crippen molar-refractivity contribution in [3.05, 3.63) is 47.4 Å². The topological polar surface area (TPSA) is 113 Å². The molecule has 0 fully saturated rings. The van der Waals surface area contributed by atoms with E-state index >= 15 is 0 Å². The van der Waals surface area contributed by atoms with Crippen LogP contribution in [0, 0.1) is 11.3 Å². The molecular weight excluding hydrogens is 302 g/mol. The van der Waals surface area contributed by atoms with E-state index in [9.17, 15) is 8.42 Å². The van der Waals surface area contributed by atoms with E-state index in [0.717, 1.165) is 5.56 Å². The smallest absolute Gasteiger partial charge is 0.243 e. The standard InChI is InChI=1S/C14H13N5O2S/c15-7-10-1-3-11(4-2-10)22(20,21)19-6-5-12-13(8-19)17-9-18-14(12)16/h1-4,9H,5-6,8H2,(H2,16,17,18). The molecule has 1 aliphatic heterocycles. The third-order valence-electron chi connectivity index (χ3n) is 3.63. The van der Waals surface area contributed by atoms with Gasteiger partial charge in [-0.2, -0.15) is 9.57 Å². The maximum Gasteiger partial charge on any atom is 0.243 e. The molecule has 2 heterocycles. The Kier molecular flexibility index (Phi) is 3.52. The zero-order valence-corrected chi connectivity index (χ0v) is 12.4. The van der Waals surface area contributed by atoms with Crippen LogP contribution in [0.1, 0.15) is 16.8 Å². The third-order valence-corrected chi connectivity index (χ3v) is 5.49.